The number of nitrogens with zero attached hydrogens (tertiary/aromatic N) is 5. The molecule has 2 saturated heterocycles. The molecule has 0 bridgehead atoms. The van der Waals surface area contributed by atoms with Crippen molar-refractivity contribution in [3.63, 3.8) is 0 Å². The number of benzene rings is 2. The molecule has 2 aromatic carbocycles. The Bertz CT molecular complexity index is 1200. The zero-order valence-corrected chi connectivity index (χ0v) is 22.4. The molecule has 188 valence electrons. The number of hydrogen-bond acceptors (Lipinski definition) is 6. The van der Waals surface area contributed by atoms with Crippen LogP contribution in [0.1, 0.15) is 35.2 Å². The first-order valence-corrected chi connectivity index (χ1v) is 14.1. The molecule has 0 unspecified atom stereocenters. The van der Waals surface area contributed by atoms with Gasteiger partial charge >= 0.3 is 0 Å². The number of piperazine rings is 1. The maximum atomic E-state index is 13.1. The van der Waals surface area contributed by atoms with Gasteiger partial charge in [-0.3, -0.25) is 4.79 Å². The topological polar surface area (TPSA) is 52.6 Å². The lowest BCUT2D eigenvalue weighted by molar-refractivity contribution is 0.0747. The van der Waals surface area contributed by atoms with Gasteiger partial charge in [-0.2, -0.15) is 0 Å². The van der Waals surface area contributed by atoms with E-state index in [4.69, 9.17) is 28.2 Å². The second-order valence-corrected chi connectivity index (χ2v) is 10.8. The number of anilines is 2. The second-order valence-electron chi connectivity index (χ2n) is 9.10. The molecule has 36 heavy (non-hydrogen) atoms. The van der Waals surface area contributed by atoms with Crippen LogP contribution in [0.5, 0.6) is 0 Å². The van der Waals surface area contributed by atoms with Gasteiger partial charge in [0.05, 0.1) is 10.7 Å². The van der Waals surface area contributed by atoms with Crippen LogP contribution in [-0.2, 0) is 5.75 Å². The van der Waals surface area contributed by atoms with Gasteiger partial charge in [0.15, 0.2) is 5.16 Å². The van der Waals surface area contributed by atoms with Gasteiger partial charge in [-0.15, -0.1) is 0 Å². The maximum absolute atomic E-state index is 13.1. The van der Waals surface area contributed by atoms with Crippen LogP contribution in [-0.4, -0.2) is 60.0 Å². The molecule has 1 amide bonds. The van der Waals surface area contributed by atoms with E-state index < -0.39 is 0 Å². The number of amides is 1. The molecule has 2 fully saturated rings. The van der Waals surface area contributed by atoms with Crippen molar-refractivity contribution in [1.82, 2.24) is 14.9 Å². The molecule has 2 aliphatic rings. The minimum Gasteiger partial charge on any atom is -0.367 e. The summed E-state index contributed by atoms with van der Waals surface area (Å²) in [5, 5.41) is 1.90. The molecule has 5 rings (SSSR count). The summed E-state index contributed by atoms with van der Waals surface area (Å²) in [7, 11) is 0. The molecular weight excluding hydrogens is 513 g/mol. The number of piperidine rings is 1. The summed E-state index contributed by atoms with van der Waals surface area (Å²) in [4.78, 5) is 28.6. The number of rotatable bonds is 6. The van der Waals surface area contributed by atoms with Crippen molar-refractivity contribution in [3.8, 4) is 0 Å². The smallest absolute Gasteiger partial charge is 0.253 e. The molecule has 0 spiro atoms. The van der Waals surface area contributed by atoms with E-state index in [0.29, 0.717) is 34.7 Å². The fraction of sp³-hybridized carbons (Fsp3) is 0.370. The summed E-state index contributed by atoms with van der Waals surface area (Å²) < 4.78 is 0. The molecule has 0 aliphatic carbocycles. The van der Waals surface area contributed by atoms with Crippen LogP contribution in [0.4, 0.5) is 11.5 Å². The quantitative estimate of drug-likeness (QED) is 0.216. The van der Waals surface area contributed by atoms with E-state index in [2.05, 4.69) is 14.8 Å². The molecule has 3 heterocycles. The van der Waals surface area contributed by atoms with E-state index in [1.807, 2.05) is 59.5 Å². The van der Waals surface area contributed by atoms with Gasteiger partial charge in [-0.05, 0) is 49.1 Å². The van der Waals surface area contributed by atoms with Crippen molar-refractivity contribution < 1.29 is 4.79 Å². The van der Waals surface area contributed by atoms with Gasteiger partial charge in [-0.1, -0.05) is 59.2 Å². The number of para-hydroxylation sites is 1. The lowest BCUT2D eigenvalue weighted by Crippen LogP contribution is -2.48. The van der Waals surface area contributed by atoms with Gasteiger partial charge in [0.25, 0.3) is 5.91 Å². The van der Waals surface area contributed by atoms with Gasteiger partial charge in [0.1, 0.15) is 11.0 Å². The van der Waals surface area contributed by atoms with Crippen molar-refractivity contribution in [2.45, 2.75) is 30.2 Å². The maximum Gasteiger partial charge on any atom is 0.253 e. The van der Waals surface area contributed by atoms with E-state index >= 15 is 0 Å². The molecule has 0 radical (unpaired) electrons. The van der Waals surface area contributed by atoms with Gasteiger partial charge in [0, 0.05) is 56.7 Å². The fourth-order valence-corrected chi connectivity index (χ4v) is 5.96. The monoisotopic (exact) mass is 541 g/mol. The number of hydrogen-bond donors (Lipinski definition) is 0. The average molecular weight is 543 g/mol. The number of aromatic nitrogens is 2. The van der Waals surface area contributed by atoms with E-state index in [0.717, 1.165) is 48.3 Å². The number of carbonyl (C=O) groups is 1. The SMILES string of the molecule is O=C(c1ccc(CSc2nc(Cl)cc(N3CCCCC3)n2)cc1)N1CCN(c2ccccc2Cl)CC1. The minimum atomic E-state index is 0.0670. The molecule has 6 nitrogen and oxygen atoms in total. The number of halogens is 2. The Kier molecular flexibility index (Phi) is 8.19. The Hall–Kier alpha value is -2.48. The zero-order valence-electron chi connectivity index (χ0n) is 20.1. The second kappa shape index (κ2) is 11.7. The Morgan fingerprint density at radius 2 is 1.56 bits per heavy atom. The first kappa shape index (κ1) is 25.2. The van der Waals surface area contributed by atoms with Crippen molar-refractivity contribution in [2.24, 2.45) is 0 Å². The highest BCUT2D eigenvalue weighted by molar-refractivity contribution is 7.98. The normalized spacial score (nSPS) is 16.3. The summed E-state index contributed by atoms with van der Waals surface area (Å²) in [6.45, 7) is 4.91. The Balaban J connectivity index is 1.16. The predicted molar refractivity (Wildman–Crippen MR) is 149 cm³/mol. The van der Waals surface area contributed by atoms with Gasteiger partial charge < -0.3 is 14.7 Å². The third-order valence-corrected chi connectivity index (χ3v) is 8.10. The van der Waals surface area contributed by atoms with Crippen LogP contribution in [0.2, 0.25) is 10.2 Å². The minimum absolute atomic E-state index is 0.0670. The summed E-state index contributed by atoms with van der Waals surface area (Å²) in [5.74, 6) is 1.69. The van der Waals surface area contributed by atoms with Crippen LogP contribution in [0.3, 0.4) is 0 Å². The van der Waals surface area contributed by atoms with E-state index in [1.165, 1.54) is 19.3 Å². The third kappa shape index (κ3) is 6.07. The lowest BCUT2D eigenvalue weighted by atomic mass is 10.1. The summed E-state index contributed by atoms with van der Waals surface area (Å²) in [6, 6.07) is 17.6. The highest BCUT2D eigenvalue weighted by atomic mass is 35.5. The van der Waals surface area contributed by atoms with Crippen LogP contribution in [0.25, 0.3) is 0 Å². The summed E-state index contributed by atoms with van der Waals surface area (Å²) >= 11 is 14.2. The number of carbonyl (C=O) groups excluding carboxylic acids is 1. The summed E-state index contributed by atoms with van der Waals surface area (Å²) in [5.41, 5.74) is 2.85. The molecule has 0 atom stereocenters. The van der Waals surface area contributed by atoms with Gasteiger partial charge in [-0.25, -0.2) is 9.97 Å². The fourth-order valence-electron chi connectivity index (χ4n) is 4.67. The van der Waals surface area contributed by atoms with Gasteiger partial charge in [0.2, 0.25) is 0 Å². The van der Waals surface area contributed by atoms with Crippen LogP contribution < -0.4 is 9.80 Å². The standard InChI is InChI=1S/C27H29Cl2N5OS/c28-22-6-2-3-7-23(22)32-14-16-34(17-15-32)26(35)21-10-8-20(9-11-21)19-36-27-30-24(29)18-25(31-27)33-12-4-1-5-13-33/h2-3,6-11,18H,1,4-5,12-17,19H2. The highest BCUT2D eigenvalue weighted by Crippen LogP contribution is 2.28. The van der Waals surface area contributed by atoms with E-state index in [1.54, 1.807) is 11.8 Å². The van der Waals surface area contributed by atoms with Crippen molar-refractivity contribution in [1.29, 1.82) is 0 Å². The van der Waals surface area contributed by atoms with Crippen LogP contribution in [0, 0.1) is 0 Å². The largest absolute Gasteiger partial charge is 0.367 e. The van der Waals surface area contributed by atoms with E-state index in [-0.39, 0.29) is 5.91 Å². The van der Waals surface area contributed by atoms with Crippen molar-refractivity contribution in [3.05, 3.63) is 75.9 Å². The molecular formula is C27H29Cl2N5OS. The predicted octanol–water partition coefficient (Wildman–Crippen LogP) is 6.03. The Morgan fingerprint density at radius 1 is 0.833 bits per heavy atom. The first-order chi connectivity index (χ1) is 17.6. The number of thioether (sulfide) groups is 1. The average Bonchev–Trinajstić information content (AvgIpc) is 2.92. The Labute approximate surface area is 226 Å². The molecule has 0 saturated carbocycles. The van der Waals surface area contributed by atoms with Crippen molar-refractivity contribution in [2.75, 3.05) is 49.1 Å². The first-order valence-electron chi connectivity index (χ1n) is 12.4. The Morgan fingerprint density at radius 3 is 2.28 bits per heavy atom. The third-order valence-electron chi connectivity index (χ3n) is 6.67. The molecule has 9 heteroatoms. The molecule has 1 aromatic heterocycles. The lowest BCUT2D eigenvalue weighted by Gasteiger charge is -2.36. The van der Waals surface area contributed by atoms with Crippen LogP contribution >= 0.6 is 35.0 Å². The zero-order chi connectivity index (χ0) is 24.9. The molecule has 0 N–H and O–H groups in total. The van der Waals surface area contributed by atoms with Crippen LogP contribution in [0.15, 0.2) is 59.8 Å². The molecule has 3 aromatic rings. The molecule has 2 aliphatic heterocycles. The van der Waals surface area contributed by atoms with E-state index in [9.17, 15) is 4.79 Å². The van der Waals surface area contributed by atoms with Crippen molar-refractivity contribution >= 4 is 52.4 Å². The highest BCUT2D eigenvalue weighted by Gasteiger charge is 2.23. The summed E-state index contributed by atoms with van der Waals surface area (Å²) in [6.07, 6.45) is 3.65.